The van der Waals surface area contributed by atoms with Crippen molar-refractivity contribution in [3.63, 3.8) is 0 Å². The molecule has 1 aliphatic heterocycles. The molecule has 170 valence electrons. The molecule has 0 radical (unpaired) electrons. The molecule has 0 fully saturated rings. The summed E-state index contributed by atoms with van der Waals surface area (Å²) in [5.74, 6) is 0. The highest BCUT2D eigenvalue weighted by Crippen LogP contribution is 2.62. The van der Waals surface area contributed by atoms with E-state index in [0.717, 1.165) is 18.2 Å². The first-order chi connectivity index (χ1) is 14.6. The van der Waals surface area contributed by atoms with Crippen LogP contribution in [0.4, 0.5) is 24.5 Å². The number of hydrogen-bond acceptors (Lipinski definition) is 4. The summed E-state index contributed by atoms with van der Waals surface area (Å²) in [5, 5.41) is 5.92. The Kier molecular flexibility index (Phi) is 8.11. The van der Waals surface area contributed by atoms with Gasteiger partial charge in [0.05, 0.1) is 15.3 Å². The zero-order valence-electron chi connectivity index (χ0n) is 17.5. The average molecular weight is 523 g/mol. The molecule has 0 aromatic heterocycles. The Morgan fingerprint density at radius 1 is 1.10 bits per heavy atom. The number of para-hydroxylation sites is 1. The largest absolute Gasteiger partial charge is 0.418 e. The molecule has 0 bridgehead atoms. The van der Waals surface area contributed by atoms with E-state index in [4.69, 9.17) is 12.2 Å². The lowest BCUT2D eigenvalue weighted by atomic mass is 10.1. The first kappa shape index (κ1) is 25.0. The Labute approximate surface area is 202 Å². The van der Waals surface area contributed by atoms with Crippen LogP contribution in [0.2, 0.25) is 0 Å². The van der Waals surface area contributed by atoms with Crippen LogP contribution in [0.3, 0.4) is 0 Å². The molecule has 0 saturated carbocycles. The van der Waals surface area contributed by atoms with Gasteiger partial charge >= 0.3 is 6.18 Å². The maximum Gasteiger partial charge on any atom is 0.418 e. The van der Waals surface area contributed by atoms with Crippen molar-refractivity contribution in [2.45, 2.75) is 26.2 Å². The molecule has 2 aromatic carbocycles. The van der Waals surface area contributed by atoms with E-state index in [1.807, 2.05) is 41.4 Å². The van der Waals surface area contributed by atoms with Crippen molar-refractivity contribution in [1.29, 1.82) is 0 Å². The Hall–Kier alpha value is -0.680. The Morgan fingerprint density at radius 3 is 2.39 bits per heavy atom. The summed E-state index contributed by atoms with van der Waals surface area (Å²) in [6, 6.07) is 11.6. The minimum atomic E-state index is -4.45. The normalized spacial score (nSPS) is 21.3. The van der Waals surface area contributed by atoms with Crippen LogP contribution in [-0.2, 0) is 10.3 Å². The number of nitrogens with one attached hydrogen (secondary N) is 2. The van der Waals surface area contributed by atoms with E-state index in [0.29, 0.717) is 4.58 Å². The maximum absolute atomic E-state index is 13.3. The third-order valence-electron chi connectivity index (χ3n) is 5.33. The van der Waals surface area contributed by atoms with E-state index in [1.165, 1.54) is 22.6 Å². The molecule has 0 spiro atoms. The zero-order chi connectivity index (χ0) is 22.8. The molecule has 2 unspecified atom stereocenters. The van der Waals surface area contributed by atoms with E-state index in [9.17, 15) is 13.2 Å². The number of hydrogen-bond donors (Lipinski definition) is 3. The molecule has 3 rings (SSSR count). The van der Waals surface area contributed by atoms with E-state index >= 15 is 0 Å². The molecule has 31 heavy (non-hydrogen) atoms. The van der Waals surface area contributed by atoms with Crippen LogP contribution in [0.25, 0.3) is 0 Å². The Bertz CT molecular complexity index is 947. The Balaban J connectivity index is 1.87. The minimum absolute atomic E-state index is 0.0481. The lowest BCUT2D eigenvalue weighted by Gasteiger charge is -2.45. The maximum atomic E-state index is 13.3. The summed E-state index contributed by atoms with van der Waals surface area (Å²) in [6.45, 7) is 0. The third kappa shape index (κ3) is 5.29. The molecule has 2 aromatic rings. The van der Waals surface area contributed by atoms with Crippen molar-refractivity contribution in [2.75, 3.05) is 35.7 Å². The highest BCUT2D eigenvalue weighted by molar-refractivity contribution is 8.27. The summed E-state index contributed by atoms with van der Waals surface area (Å²) >= 11 is 11.0. The fourth-order valence-corrected chi connectivity index (χ4v) is 10.5. The predicted octanol–water partition coefficient (Wildman–Crippen LogP) is 7.48. The second-order valence-corrected chi connectivity index (χ2v) is 13.6. The second-order valence-electron chi connectivity index (χ2n) is 7.02. The predicted molar refractivity (Wildman–Crippen MR) is 142 cm³/mol. The number of thiol groups is 1. The van der Waals surface area contributed by atoms with Crippen LogP contribution in [-0.4, -0.2) is 34.7 Å². The molecule has 1 heterocycles. The quantitative estimate of drug-likeness (QED) is 0.214. The van der Waals surface area contributed by atoms with E-state index in [-0.39, 0.29) is 25.8 Å². The van der Waals surface area contributed by atoms with Gasteiger partial charge in [-0.3, -0.25) is 0 Å². The molecular formula is C21H25F3N2S5. The number of alkyl halides is 3. The number of halogens is 3. The van der Waals surface area contributed by atoms with E-state index in [2.05, 4.69) is 47.8 Å². The van der Waals surface area contributed by atoms with E-state index in [1.54, 1.807) is 6.07 Å². The topological polar surface area (TPSA) is 24.1 Å². The monoisotopic (exact) mass is 522 g/mol. The number of fused-ring (bicyclic) bond motifs is 1. The van der Waals surface area contributed by atoms with Crippen LogP contribution < -0.4 is 10.6 Å². The van der Waals surface area contributed by atoms with Gasteiger partial charge in [-0.25, -0.2) is 10.9 Å². The first-order valence-electron chi connectivity index (χ1n) is 9.40. The van der Waals surface area contributed by atoms with Gasteiger partial charge in [0.25, 0.3) is 0 Å². The molecule has 2 N–H and O–H groups in total. The van der Waals surface area contributed by atoms with Gasteiger partial charge in [0.2, 0.25) is 0 Å². The fraction of sp³-hybridized carbons (Fsp3) is 0.381. The van der Waals surface area contributed by atoms with Crippen LogP contribution >= 0.6 is 58.4 Å². The lowest BCUT2D eigenvalue weighted by molar-refractivity contribution is -0.136. The smallest absolute Gasteiger partial charge is 0.332 e. The molecule has 2 atom stereocenters. The van der Waals surface area contributed by atoms with Crippen LogP contribution in [0.5, 0.6) is 0 Å². The van der Waals surface area contributed by atoms with Gasteiger partial charge in [0, 0.05) is 10.3 Å². The summed E-state index contributed by atoms with van der Waals surface area (Å²) in [6.07, 6.45) is 5.42. The van der Waals surface area contributed by atoms with Crippen LogP contribution in [0, 0.1) is 0 Å². The number of thioether (sulfide) groups is 3. The highest BCUT2D eigenvalue weighted by Gasteiger charge is 2.41. The standard InChI is InChI=1S/C21H25F3N2S5/c1-28-18-12-20(29-2,30-3)15-11-13(9-10-17(15)31(18)4)25-19(27)26-16-8-6-5-7-14(16)21(22,23)24/h5-11,18,31H,12H2,1-4H3,(H2,25,26,27). The van der Waals surface area contributed by atoms with Crippen molar-refractivity contribution < 1.29 is 13.2 Å². The van der Waals surface area contributed by atoms with Gasteiger partial charge < -0.3 is 10.6 Å². The second kappa shape index (κ2) is 10.1. The van der Waals surface area contributed by atoms with Crippen molar-refractivity contribution in [1.82, 2.24) is 0 Å². The van der Waals surface area contributed by atoms with Gasteiger partial charge in [-0.15, -0.1) is 23.5 Å². The SMILES string of the molecule is CSC1CC(SC)(SC)c2cc(NC(=S)Nc3ccccc3C(F)(F)F)ccc2[SH]1C. The van der Waals surface area contributed by atoms with Gasteiger partial charge in [0.15, 0.2) is 5.11 Å². The Morgan fingerprint density at radius 2 is 1.77 bits per heavy atom. The summed E-state index contributed by atoms with van der Waals surface area (Å²) < 4.78 is 40.4. The zero-order valence-corrected chi connectivity index (χ0v) is 21.7. The van der Waals surface area contributed by atoms with Crippen molar-refractivity contribution in [3.8, 4) is 0 Å². The van der Waals surface area contributed by atoms with Crippen LogP contribution in [0.1, 0.15) is 17.5 Å². The van der Waals surface area contributed by atoms with Crippen molar-refractivity contribution >= 4 is 74.9 Å². The van der Waals surface area contributed by atoms with Crippen molar-refractivity contribution in [3.05, 3.63) is 53.6 Å². The number of anilines is 2. The summed E-state index contributed by atoms with van der Waals surface area (Å²) in [5.41, 5.74) is 1.26. The number of thiocarbonyl (C=S) groups is 1. The highest BCUT2D eigenvalue weighted by atomic mass is 32.2. The fourth-order valence-electron chi connectivity index (χ4n) is 3.69. The first-order valence-corrected chi connectivity index (χ1v) is 15.4. The molecule has 0 saturated heterocycles. The average Bonchev–Trinajstić information content (AvgIpc) is 2.74. The van der Waals surface area contributed by atoms with Gasteiger partial charge in [-0.2, -0.15) is 24.9 Å². The number of benzene rings is 2. The molecule has 0 aliphatic carbocycles. The van der Waals surface area contributed by atoms with Gasteiger partial charge in [0.1, 0.15) is 0 Å². The van der Waals surface area contributed by atoms with Gasteiger partial charge in [-0.05, 0) is 84.5 Å². The van der Waals surface area contributed by atoms with Crippen molar-refractivity contribution in [2.24, 2.45) is 0 Å². The summed E-state index contributed by atoms with van der Waals surface area (Å²) in [4.78, 5) is 1.39. The molecule has 2 nitrogen and oxygen atoms in total. The molecule has 1 aliphatic rings. The van der Waals surface area contributed by atoms with Gasteiger partial charge in [-0.1, -0.05) is 12.1 Å². The van der Waals surface area contributed by atoms with Crippen LogP contribution in [0.15, 0.2) is 47.4 Å². The third-order valence-corrected chi connectivity index (χ3v) is 13.1. The molecule has 0 amide bonds. The lowest BCUT2D eigenvalue weighted by Crippen LogP contribution is -2.29. The molecular weight excluding hydrogens is 498 g/mol. The number of rotatable bonds is 5. The minimum Gasteiger partial charge on any atom is -0.332 e. The summed E-state index contributed by atoms with van der Waals surface area (Å²) in [7, 11) is -0.296. The van der Waals surface area contributed by atoms with E-state index < -0.39 is 11.7 Å². The molecule has 10 heteroatoms.